The highest BCUT2D eigenvalue weighted by atomic mass is 79.9. The lowest BCUT2D eigenvalue weighted by Crippen LogP contribution is -2.38. The first-order chi connectivity index (χ1) is 9.45. The van der Waals surface area contributed by atoms with Gasteiger partial charge >= 0.3 is 5.97 Å². The van der Waals surface area contributed by atoms with Crippen molar-refractivity contribution in [3.05, 3.63) is 34.3 Å². The Labute approximate surface area is 128 Å². The van der Waals surface area contributed by atoms with Crippen molar-refractivity contribution in [1.29, 1.82) is 0 Å². The van der Waals surface area contributed by atoms with Gasteiger partial charge in [0.2, 0.25) is 0 Å². The predicted octanol–water partition coefficient (Wildman–Crippen LogP) is 3.25. The van der Waals surface area contributed by atoms with Crippen LogP contribution in [0.2, 0.25) is 0 Å². The number of nitrogens with zero attached hydrogens (tertiary/aromatic N) is 1. The van der Waals surface area contributed by atoms with Gasteiger partial charge in [-0.25, -0.2) is 0 Å². The van der Waals surface area contributed by atoms with E-state index in [4.69, 9.17) is 4.74 Å². The number of hydrogen-bond donors (Lipinski definition) is 0. The molecule has 0 aliphatic carbocycles. The molecule has 1 amide bonds. The van der Waals surface area contributed by atoms with E-state index >= 15 is 0 Å². The van der Waals surface area contributed by atoms with Crippen molar-refractivity contribution in [3.8, 4) is 0 Å². The van der Waals surface area contributed by atoms with Crippen molar-refractivity contribution in [1.82, 2.24) is 4.90 Å². The average Bonchev–Trinajstić information content (AvgIpc) is 2.39. The number of rotatable bonds is 6. The summed E-state index contributed by atoms with van der Waals surface area (Å²) >= 11 is 3.34. The van der Waals surface area contributed by atoms with Gasteiger partial charge in [0.15, 0.2) is 0 Å². The van der Waals surface area contributed by atoms with Crippen LogP contribution in [0.25, 0.3) is 0 Å². The smallest absolute Gasteiger partial charge is 0.307 e. The summed E-state index contributed by atoms with van der Waals surface area (Å²) in [7, 11) is 0. The van der Waals surface area contributed by atoms with Crippen molar-refractivity contribution < 1.29 is 14.3 Å². The highest BCUT2D eigenvalue weighted by Crippen LogP contribution is 2.14. The fraction of sp³-hybridized carbons (Fsp3) is 0.467. The van der Waals surface area contributed by atoms with E-state index in [9.17, 15) is 9.59 Å². The summed E-state index contributed by atoms with van der Waals surface area (Å²) < 4.78 is 5.82. The molecular weight excluding hydrogens is 322 g/mol. The summed E-state index contributed by atoms with van der Waals surface area (Å²) in [4.78, 5) is 25.5. The van der Waals surface area contributed by atoms with Gasteiger partial charge in [-0.15, -0.1) is 0 Å². The van der Waals surface area contributed by atoms with Crippen molar-refractivity contribution in [2.75, 3.05) is 13.2 Å². The third-order valence-electron chi connectivity index (χ3n) is 2.84. The Hall–Kier alpha value is -1.36. The molecule has 1 aromatic carbocycles. The van der Waals surface area contributed by atoms with Gasteiger partial charge in [0, 0.05) is 22.6 Å². The van der Waals surface area contributed by atoms with Crippen molar-refractivity contribution >= 4 is 27.8 Å². The maximum absolute atomic E-state index is 12.4. The number of halogens is 1. The zero-order valence-electron chi connectivity index (χ0n) is 12.1. The Morgan fingerprint density at radius 2 is 1.85 bits per heavy atom. The monoisotopic (exact) mass is 341 g/mol. The molecule has 0 radical (unpaired) electrons. The van der Waals surface area contributed by atoms with Crippen molar-refractivity contribution in [2.45, 2.75) is 33.2 Å². The fourth-order valence-electron chi connectivity index (χ4n) is 1.80. The maximum atomic E-state index is 12.4. The second-order valence-electron chi connectivity index (χ2n) is 4.65. The summed E-state index contributed by atoms with van der Waals surface area (Å²) in [6, 6.07) is 7.23. The van der Waals surface area contributed by atoms with Crippen LogP contribution < -0.4 is 0 Å². The number of amides is 1. The summed E-state index contributed by atoms with van der Waals surface area (Å²) in [5, 5.41) is 0. The topological polar surface area (TPSA) is 46.6 Å². The van der Waals surface area contributed by atoms with Crippen molar-refractivity contribution in [2.24, 2.45) is 0 Å². The van der Waals surface area contributed by atoms with Crippen LogP contribution in [0.3, 0.4) is 0 Å². The van der Waals surface area contributed by atoms with Crippen LogP contribution in [0, 0.1) is 0 Å². The quantitative estimate of drug-likeness (QED) is 0.746. The van der Waals surface area contributed by atoms with Crippen LogP contribution in [0.15, 0.2) is 28.7 Å². The number of carbonyl (C=O) groups is 2. The molecule has 20 heavy (non-hydrogen) atoms. The molecule has 0 unspecified atom stereocenters. The van der Waals surface area contributed by atoms with E-state index in [1.807, 2.05) is 26.0 Å². The van der Waals surface area contributed by atoms with Gasteiger partial charge in [-0.1, -0.05) is 15.9 Å². The van der Waals surface area contributed by atoms with E-state index in [1.165, 1.54) is 0 Å². The van der Waals surface area contributed by atoms with Gasteiger partial charge in [-0.3, -0.25) is 9.59 Å². The van der Waals surface area contributed by atoms with E-state index in [0.717, 1.165) is 4.47 Å². The first-order valence-electron chi connectivity index (χ1n) is 6.67. The predicted molar refractivity (Wildman–Crippen MR) is 81.6 cm³/mol. The Morgan fingerprint density at radius 3 is 2.35 bits per heavy atom. The SMILES string of the molecule is CCOC(=O)CCN(C(=O)c1ccc(Br)cc1)C(C)C. The number of benzene rings is 1. The highest BCUT2D eigenvalue weighted by molar-refractivity contribution is 9.10. The van der Waals surface area contributed by atoms with Crippen LogP contribution in [-0.4, -0.2) is 36.0 Å². The molecule has 110 valence electrons. The summed E-state index contributed by atoms with van der Waals surface area (Å²) in [6.07, 6.45) is 0.217. The molecule has 1 aromatic rings. The first-order valence-corrected chi connectivity index (χ1v) is 7.47. The summed E-state index contributed by atoms with van der Waals surface area (Å²) in [6.45, 7) is 6.36. The van der Waals surface area contributed by atoms with Crippen molar-refractivity contribution in [3.63, 3.8) is 0 Å². The molecule has 0 heterocycles. The number of esters is 1. The molecule has 0 aliphatic heterocycles. The normalized spacial score (nSPS) is 10.4. The molecular formula is C15H20BrNO3. The lowest BCUT2D eigenvalue weighted by molar-refractivity contribution is -0.143. The standard InChI is InChI=1S/C15H20BrNO3/c1-4-20-14(18)9-10-17(11(2)3)15(19)12-5-7-13(16)8-6-12/h5-8,11H,4,9-10H2,1-3H3. The second kappa shape index (κ2) is 8.04. The molecule has 1 rings (SSSR count). The van der Waals surface area contributed by atoms with E-state index < -0.39 is 0 Å². The Morgan fingerprint density at radius 1 is 1.25 bits per heavy atom. The van der Waals surface area contributed by atoms with E-state index in [0.29, 0.717) is 18.7 Å². The Bertz CT molecular complexity index is 457. The van der Waals surface area contributed by atoms with Gasteiger partial charge in [-0.05, 0) is 45.0 Å². The third-order valence-corrected chi connectivity index (χ3v) is 3.37. The minimum Gasteiger partial charge on any atom is -0.466 e. The van der Waals surface area contributed by atoms with Crippen LogP contribution in [0.1, 0.15) is 37.6 Å². The third kappa shape index (κ3) is 4.96. The lowest BCUT2D eigenvalue weighted by Gasteiger charge is -2.26. The van der Waals surface area contributed by atoms with Crippen LogP contribution in [0.5, 0.6) is 0 Å². The zero-order chi connectivity index (χ0) is 15.1. The molecule has 0 N–H and O–H groups in total. The largest absolute Gasteiger partial charge is 0.466 e. The second-order valence-corrected chi connectivity index (χ2v) is 5.57. The minimum atomic E-state index is -0.276. The Balaban J connectivity index is 2.72. The molecule has 0 bridgehead atoms. The van der Waals surface area contributed by atoms with Gasteiger partial charge in [0.05, 0.1) is 13.0 Å². The van der Waals surface area contributed by atoms with Crippen LogP contribution in [-0.2, 0) is 9.53 Å². The molecule has 0 aromatic heterocycles. The van der Waals surface area contributed by atoms with Gasteiger partial charge in [-0.2, -0.15) is 0 Å². The van der Waals surface area contributed by atoms with E-state index in [2.05, 4.69) is 15.9 Å². The van der Waals surface area contributed by atoms with Crippen LogP contribution in [0.4, 0.5) is 0 Å². The Kier molecular flexibility index (Phi) is 6.71. The molecule has 5 heteroatoms. The molecule has 0 aliphatic rings. The fourth-order valence-corrected chi connectivity index (χ4v) is 2.06. The number of ether oxygens (including phenoxy) is 1. The van der Waals surface area contributed by atoms with Gasteiger partial charge < -0.3 is 9.64 Å². The highest BCUT2D eigenvalue weighted by Gasteiger charge is 2.19. The molecule has 0 saturated carbocycles. The van der Waals surface area contributed by atoms with E-state index in [-0.39, 0.29) is 24.3 Å². The lowest BCUT2D eigenvalue weighted by atomic mass is 10.1. The molecule has 4 nitrogen and oxygen atoms in total. The number of carbonyl (C=O) groups excluding carboxylic acids is 2. The van der Waals surface area contributed by atoms with Crippen LogP contribution >= 0.6 is 15.9 Å². The van der Waals surface area contributed by atoms with Gasteiger partial charge in [0.25, 0.3) is 5.91 Å². The molecule has 0 atom stereocenters. The average molecular weight is 342 g/mol. The minimum absolute atomic E-state index is 0.0283. The first kappa shape index (κ1) is 16.7. The number of hydrogen-bond acceptors (Lipinski definition) is 3. The maximum Gasteiger partial charge on any atom is 0.307 e. The molecule has 0 saturated heterocycles. The summed E-state index contributed by atoms with van der Waals surface area (Å²) in [5.74, 6) is -0.349. The van der Waals surface area contributed by atoms with E-state index in [1.54, 1.807) is 24.0 Å². The van der Waals surface area contributed by atoms with Gasteiger partial charge in [0.1, 0.15) is 0 Å². The molecule has 0 fully saturated rings. The molecule has 0 spiro atoms. The summed E-state index contributed by atoms with van der Waals surface area (Å²) in [5.41, 5.74) is 0.616. The zero-order valence-corrected chi connectivity index (χ0v) is 13.6.